The number of hydrogen-bond acceptors (Lipinski definition) is 2. The Labute approximate surface area is 113 Å². The maximum atomic E-state index is 12.3. The molecule has 0 aliphatic heterocycles. The Morgan fingerprint density at radius 2 is 1.74 bits per heavy atom. The molecule has 0 spiro atoms. The summed E-state index contributed by atoms with van der Waals surface area (Å²) in [6, 6.07) is 9.40. The number of rotatable bonds is 4. The van der Waals surface area contributed by atoms with Crippen LogP contribution in [0.5, 0.6) is 0 Å². The topological polar surface area (TPSA) is 34.1 Å². The molecule has 1 aliphatic rings. The highest BCUT2D eigenvalue weighted by Crippen LogP contribution is 2.28. The van der Waals surface area contributed by atoms with Crippen molar-refractivity contribution in [2.24, 2.45) is 0 Å². The Kier molecular flexibility index (Phi) is 4.10. The number of allylic oxidation sites excluding steroid dienone is 4. The number of hydrogen-bond donors (Lipinski definition) is 0. The highest BCUT2D eigenvalue weighted by atomic mass is 16.1. The quantitative estimate of drug-likeness (QED) is 0.767. The number of carbonyl (C=O) groups is 2. The predicted octanol–water partition coefficient (Wildman–Crippen LogP) is 3.73. The Morgan fingerprint density at radius 1 is 1.05 bits per heavy atom. The third kappa shape index (κ3) is 2.73. The smallest absolute Gasteiger partial charge is 0.187 e. The molecule has 0 N–H and O–H groups in total. The molecule has 0 bridgehead atoms. The van der Waals surface area contributed by atoms with E-state index in [0.29, 0.717) is 23.1 Å². The number of benzene rings is 1. The first-order valence-electron chi connectivity index (χ1n) is 6.71. The summed E-state index contributed by atoms with van der Waals surface area (Å²) in [4.78, 5) is 24.5. The summed E-state index contributed by atoms with van der Waals surface area (Å²) in [5.74, 6) is -0.0266. The van der Waals surface area contributed by atoms with E-state index in [0.717, 1.165) is 18.4 Å². The van der Waals surface area contributed by atoms with Gasteiger partial charge in [0.25, 0.3) is 0 Å². The molecule has 1 aliphatic carbocycles. The van der Waals surface area contributed by atoms with Crippen LogP contribution >= 0.6 is 0 Å². The summed E-state index contributed by atoms with van der Waals surface area (Å²) in [6.45, 7) is 3.83. The van der Waals surface area contributed by atoms with E-state index in [4.69, 9.17) is 0 Å². The number of ketones is 2. The van der Waals surface area contributed by atoms with Crippen LogP contribution < -0.4 is 0 Å². The fourth-order valence-corrected chi connectivity index (χ4v) is 2.35. The third-order valence-electron chi connectivity index (χ3n) is 3.42. The molecule has 0 unspecified atom stereocenters. The van der Waals surface area contributed by atoms with Gasteiger partial charge >= 0.3 is 0 Å². The van der Waals surface area contributed by atoms with Crippen LogP contribution in [0.3, 0.4) is 0 Å². The van der Waals surface area contributed by atoms with Gasteiger partial charge in [-0.2, -0.15) is 0 Å². The average molecular weight is 254 g/mol. The van der Waals surface area contributed by atoms with Gasteiger partial charge in [0.05, 0.1) is 0 Å². The van der Waals surface area contributed by atoms with Crippen LogP contribution in [0, 0.1) is 0 Å². The number of carbonyl (C=O) groups excluding carboxylic acids is 2. The summed E-state index contributed by atoms with van der Waals surface area (Å²) >= 11 is 0. The van der Waals surface area contributed by atoms with Crippen molar-refractivity contribution in [3.63, 3.8) is 0 Å². The van der Waals surface area contributed by atoms with Crippen molar-refractivity contribution < 1.29 is 9.59 Å². The minimum atomic E-state index is -0.0468. The Bertz CT molecular complexity index is 562. The second-order valence-corrected chi connectivity index (χ2v) is 4.83. The first kappa shape index (κ1) is 13.5. The minimum Gasteiger partial charge on any atom is -0.289 e. The zero-order valence-electron chi connectivity index (χ0n) is 11.4. The standard InChI is InChI=1S/C17H18O2/c1-3-4-8-14-11-15(18)16(12(2)17(14)19)13-9-6-5-7-10-13/h5-7,9-11H,3-4,8H2,1-2H3. The van der Waals surface area contributed by atoms with Crippen molar-refractivity contribution in [3.8, 4) is 0 Å². The normalized spacial score (nSPS) is 15.8. The molecular formula is C17H18O2. The molecule has 0 atom stereocenters. The van der Waals surface area contributed by atoms with Gasteiger partial charge in [0.2, 0.25) is 0 Å². The Morgan fingerprint density at radius 3 is 2.37 bits per heavy atom. The molecule has 0 amide bonds. The lowest BCUT2D eigenvalue weighted by Crippen LogP contribution is -2.17. The molecule has 2 rings (SSSR count). The molecule has 0 radical (unpaired) electrons. The number of Topliss-reactive ketones (excluding diaryl/α,β-unsaturated/α-hetero) is 1. The summed E-state index contributed by atoms with van der Waals surface area (Å²) in [5.41, 5.74) is 2.60. The lowest BCUT2D eigenvalue weighted by molar-refractivity contribution is -0.114. The van der Waals surface area contributed by atoms with Gasteiger partial charge in [-0.15, -0.1) is 0 Å². The van der Waals surface area contributed by atoms with Crippen LogP contribution in [0.25, 0.3) is 5.57 Å². The van der Waals surface area contributed by atoms with Crippen molar-refractivity contribution in [1.29, 1.82) is 0 Å². The molecule has 2 nitrogen and oxygen atoms in total. The van der Waals surface area contributed by atoms with Crippen molar-refractivity contribution >= 4 is 17.1 Å². The van der Waals surface area contributed by atoms with Crippen molar-refractivity contribution in [1.82, 2.24) is 0 Å². The van der Waals surface area contributed by atoms with Gasteiger partial charge in [0.15, 0.2) is 11.6 Å². The highest BCUT2D eigenvalue weighted by Gasteiger charge is 2.25. The van der Waals surface area contributed by atoms with Crippen LogP contribution in [0.4, 0.5) is 0 Å². The molecule has 98 valence electrons. The summed E-state index contributed by atoms with van der Waals surface area (Å²) in [6.07, 6.45) is 4.18. The highest BCUT2D eigenvalue weighted by molar-refractivity contribution is 6.37. The summed E-state index contributed by atoms with van der Waals surface area (Å²) in [5, 5.41) is 0. The van der Waals surface area contributed by atoms with E-state index in [2.05, 4.69) is 6.92 Å². The lowest BCUT2D eigenvalue weighted by atomic mass is 9.85. The van der Waals surface area contributed by atoms with Crippen LogP contribution in [0.15, 0.2) is 47.6 Å². The van der Waals surface area contributed by atoms with Crippen LogP contribution in [0.2, 0.25) is 0 Å². The summed E-state index contributed by atoms with van der Waals surface area (Å²) in [7, 11) is 0. The van der Waals surface area contributed by atoms with Crippen LogP contribution in [0.1, 0.15) is 38.7 Å². The molecule has 0 saturated heterocycles. The van der Waals surface area contributed by atoms with Crippen molar-refractivity contribution in [2.75, 3.05) is 0 Å². The van der Waals surface area contributed by atoms with Crippen LogP contribution in [-0.2, 0) is 9.59 Å². The second-order valence-electron chi connectivity index (χ2n) is 4.83. The van der Waals surface area contributed by atoms with Gasteiger partial charge in [-0.1, -0.05) is 43.7 Å². The van der Waals surface area contributed by atoms with Gasteiger partial charge in [-0.25, -0.2) is 0 Å². The molecule has 0 heterocycles. The van der Waals surface area contributed by atoms with Crippen molar-refractivity contribution in [3.05, 3.63) is 53.1 Å². The first-order chi connectivity index (χ1) is 9.15. The Balaban J connectivity index is 2.36. The Hall–Kier alpha value is -1.96. The fraction of sp³-hybridized carbons (Fsp3) is 0.294. The van der Waals surface area contributed by atoms with Gasteiger partial charge in [0.1, 0.15) is 0 Å². The van der Waals surface area contributed by atoms with Crippen LogP contribution in [-0.4, -0.2) is 11.6 Å². The minimum absolute atomic E-state index is 0.0203. The molecule has 1 aromatic rings. The lowest BCUT2D eigenvalue weighted by Gasteiger charge is -2.16. The maximum absolute atomic E-state index is 12.3. The SMILES string of the molecule is CCCCC1=CC(=O)C(c2ccccc2)=C(C)C1=O. The zero-order valence-corrected chi connectivity index (χ0v) is 11.4. The molecule has 19 heavy (non-hydrogen) atoms. The molecule has 2 heteroatoms. The fourth-order valence-electron chi connectivity index (χ4n) is 2.35. The van der Waals surface area contributed by atoms with E-state index in [1.807, 2.05) is 30.3 Å². The van der Waals surface area contributed by atoms with E-state index in [-0.39, 0.29) is 11.6 Å². The van der Waals surface area contributed by atoms with Gasteiger partial charge in [-0.3, -0.25) is 9.59 Å². The third-order valence-corrected chi connectivity index (χ3v) is 3.42. The number of unbranched alkanes of at least 4 members (excludes halogenated alkanes) is 1. The molecule has 0 aromatic heterocycles. The first-order valence-corrected chi connectivity index (χ1v) is 6.71. The molecule has 0 fully saturated rings. The van der Waals surface area contributed by atoms with Gasteiger partial charge in [-0.05, 0) is 31.4 Å². The predicted molar refractivity (Wildman–Crippen MR) is 76.7 cm³/mol. The summed E-state index contributed by atoms with van der Waals surface area (Å²) < 4.78 is 0. The van der Waals surface area contributed by atoms with E-state index >= 15 is 0 Å². The molecular weight excluding hydrogens is 236 g/mol. The van der Waals surface area contributed by atoms with Gasteiger partial charge in [0, 0.05) is 16.7 Å². The van der Waals surface area contributed by atoms with E-state index in [9.17, 15) is 9.59 Å². The molecule has 0 saturated carbocycles. The largest absolute Gasteiger partial charge is 0.289 e. The van der Waals surface area contributed by atoms with Crippen molar-refractivity contribution in [2.45, 2.75) is 33.1 Å². The monoisotopic (exact) mass is 254 g/mol. The van der Waals surface area contributed by atoms with E-state index < -0.39 is 0 Å². The van der Waals surface area contributed by atoms with E-state index in [1.165, 1.54) is 6.08 Å². The van der Waals surface area contributed by atoms with E-state index in [1.54, 1.807) is 6.92 Å². The second kappa shape index (κ2) is 5.79. The maximum Gasteiger partial charge on any atom is 0.187 e. The molecule has 1 aromatic carbocycles. The average Bonchev–Trinajstić information content (AvgIpc) is 2.42. The van der Waals surface area contributed by atoms with Gasteiger partial charge < -0.3 is 0 Å². The zero-order chi connectivity index (χ0) is 13.8.